The van der Waals surface area contributed by atoms with E-state index in [1.165, 1.54) is 11.6 Å². The van der Waals surface area contributed by atoms with Gasteiger partial charge in [-0.05, 0) is 53.8 Å². The largest absolute Gasteiger partial charge is 0.205 e. The van der Waals surface area contributed by atoms with E-state index in [-0.39, 0.29) is 0 Å². The van der Waals surface area contributed by atoms with Crippen LogP contribution in [0.5, 0.6) is 0 Å². The summed E-state index contributed by atoms with van der Waals surface area (Å²) in [5.41, 5.74) is 1.81. The lowest BCUT2D eigenvalue weighted by Crippen LogP contribution is -2.11. The van der Waals surface area contributed by atoms with E-state index in [0.717, 1.165) is 24.8 Å². The van der Waals surface area contributed by atoms with Crippen LogP contribution in [0.15, 0.2) is 18.2 Å². The van der Waals surface area contributed by atoms with Crippen LogP contribution < -0.4 is 0 Å². The average molecular weight is 257 g/mol. The van der Waals surface area contributed by atoms with Crippen LogP contribution in [-0.4, -0.2) is 0 Å². The first kappa shape index (κ1) is 12.1. The van der Waals surface area contributed by atoms with Gasteiger partial charge in [0, 0.05) is 5.39 Å². The van der Waals surface area contributed by atoms with Gasteiger partial charge in [-0.2, -0.15) is 5.26 Å². The molecule has 1 aliphatic carbocycles. The Balaban J connectivity index is 2.29. The third kappa shape index (κ3) is 1.88. The van der Waals surface area contributed by atoms with E-state index in [1.54, 1.807) is 12.1 Å². The van der Waals surface area contributed by atoms with Crippen LogP contribution in [0, 0.1) is 28.9 Å². The zero-order valence-corrected chi connectivity index (χ0v) is 10.6. The summed E-state index contributed by atoms with van der Waals surface area (Å²) < 4.78 is 27.7. The lowest BCUT2D eigenvalue weighted by Gasteiger charge is -2.22. The van der Waals surface area contributed by atoms with Crippen molar-refractivity contribution in [2.75, 3.05) is 0 Å². The van der Waals surface area contributed by atoms with Gasteiger partial charge in [0.15, 0.2) is 5.82 Å². The van der Waals surface area contributed by atoms with Gasteiger partial charge in [0.1, 0.15) is 17.4 Å². The molecule has 96 valence electrons. The molecule has 2 aromatic rings. The molecule has 0 saturated heterocycles. The van der Waals surface area contributed by atoms with Gasteiger partial charge in [-0.3, -0.25) is 0 Å². The maximum atomic E-state index is 14.1. The second kappa shape index (κ2) is 4.31. The lowest BCUT2D eigenvalue weighted by atomic mass is 9.83. The summed E-state index contributed by atoms with van der Waals surface area (Å²) in [6, 6.07) is 6.51. The second-order valence-electron chi connectivity index (χ2n) is 5.35. The number of hydrogen-bond donors (Lipinski definition) is 0. The molecule has 0 N–H and O–H groups in total. The minimum Gasteiger partial charge on any atom is -0.205 e. The summed E-state index contributed by atoms with van der Waals surface area (Å²) in [6.07, 6.45) is 2.96. The predicted octanol–water partition coefficient (Wildman–Crippen LogP) is 4.11. The van der Waals surface area contributed by atoms with Crippen LogP contribution in [0.2, 0.25) is 0 Å². The van der Waals surface area contributed by atoms with Gasteiger partial charge in [0.05, 0.1) is 0 Å². The Morgan fingerprint density at radius 1 is 1.21 bits per heavy atom. The molecule has 0 saturated carbocycles. The molecule has 0 fully saturated rings. The number of nitrogens with zero attached hydrogens (tertiary/aromatic N) is 1. The number of benzene rings is 2. The highest BCUT2D eigenvalue weighted by Gasteiger charge is 2.19. The molecule has 0 amide bonds. The van der Waals surface area contributed by atoms with E-state index < -0.39 is 17.2 Å². The van der Waals surface area contributed by atoms with Crippen molar-refractivity contribution in [3.63, 3.8) is 0 Å². The molecular weight excluding hydrogens is 244 g/mol. The summed E-state index contributed by atoms with van der Waals surface area (Å²) in [7, 11) is 0. The van der Waals surface area contributed by atoms with Gasteiger partial charge >= 0.3 is 0 Å². The molecule has 1 nitrogen and oxygen atoms in total. The van der Waals surface area contributed by atoms with E-state index in [9.17, 15) is 8.78 Å². The van der Waals surface area contributed by atoms with Crippen molar-refractivity contribution in [2.45, 2.75) is 26.2 Å². The van der Waals surface area contributed by atoms with Crippen molar-refractivity contribution in [3.8, 4) is 6.07 Å². The zero-order valence-electron chi connectivity index (χ0n) is 10.6. The van der Waals surface area contributed by atoms with E-state index in [4.69, 9.17) is 5.26 Å². The molecule has 0 heterocycles. The molecule has 3 rings (SSSR count). The second-order valence-corrected chi connectivity index (χ2v) is 5.35. The Kier molecular flexibility index (Phi) is 2.74. The van der Waals surface area contributed by atoms with Crippen LogP contribution in [0.3, 0.4) is 0 Å². The van der Waals surface area contributed by atoms with E-state index in [0.29, 0.717) is 16.7 Å². The van der Waals surface area contributed by atoms with E-state index >= 15 is 0 Å². The summed E-state index contributed by atoms with van der Waals surface area (Å²) in [5, 5.41) is 9.70. The van der Waals surface area contributed by atoms with E-state index in [1.807, 2.05) is 6.07 Å². The Hall–Kier alpha value is -1.95. The number of rotatable bonds is 0. The molecule has 3 heteroatoms. The fourth-order valence-electron chi connectivity index (χ4n) is 2.87. The monoisotopic (exact) mass is 257 g/mol. The Morgan fingerprint density at radius 2 is 2.00 bits per heavy atom. The van der Waals surface area contributed by atoms with Gasteiger partial charge in [-0.1, -0.05) is 13.0 Å². The fourth-order valence-corrected chi connectivity index (χ4v) is 2.87. The highest BCUT2D eigenvalue weighted by molar-refractivity contribution is 5.86. The minimum atomic E-state index is -0.781. The molecule has 0 spiro atoms. The van der Waals surface area contributed by atoms with E-state index in [2.05, 4.69) is 6.92 Å². The van der Waals surface area contributed by atoms with Crippen molar-refractivity contribution >= 4 is 10.8 Å². The summed E-state index contributed by atoms with van der Waals surface area (Å²) >= 11 is 0. The smallest absolute Gasteiger partial charge is 0.151 e. The molecule has 19 heavy (non-hydrogen) atoms. The lowest BCUT2D eigenvalue weighted by molar-refractivity contribution is 0.501. The van der Waals surface area contributed by atoms with Crippen molar-refractivity contribution in [3.05, 3.63) is 46.5 Å². The molecule has 1 aliphatic rings. The van der Waals surface area contributed by atoms with Crippen LogP contribution in [0.25, 0.3) is 10.8 Å². The van der Waals surface area contributed by atoms with Crippen LogP contribution in [0.1, 0.15) is 30.0 Å². The number of hydrogen-bond acceptors (Lipinski definition) is 1. The first-order chi connectivity index (χ1) is 9.10. The standard InChI is InChI=1S/C16H13F2N/c1-9-2-3-10-6-13-12(5-11(10)4-9)7-15(17)14(8-19)16(13)18/h5-7,9H,2-4H2,1H3. The first-order valence-electron chi connectivity index (χ1n) is 6.43. The molecule has 2 aromatic carbocycles. The van der Waals surface area contributed by atoms with Crippen molar-refractivity contribution in [1.29, 1.82) is 5.26 Å². The molecule has 1 unspecified atom stereocenters. The summed E-state index contributed by atoms with van der Waals surface area (Å²) in [6.45, 7) is 2.19. The van der Waals surface area contributed by atoms with Crippen LogP contribution in [0.4, 0.5) is 8.78 Å². The van der Waals surface area contributed by atoms with Crippen molar-refractivity contribution in [1.82, 2.24) is 0 Å². The minimum absolute atomic E-state index is 0.353. The molecule has 0 aromatic heterocycles. The predicted molar refractivity (Wildman–Crippen MR) is 69.8 cm³/mol. The van der Waals surface area contributed by atoms with Gasteiger partial charge in [-0.25, -0.2) is 8.78 Å². The first-order valence-corrected chi connectivity index (χ1v) is 6.43. The number of fused-ring (bicyclic) bond motifs is 2. The average Bonchev–Trinajstić information content (AvgIpc) is 2.37. The highest BCUT2D eigenvalue weighted by Crippen LogP contribution is 2.32. The Bertz CT molecular complexity index is 713. The molecular formula is C16H13F2N. The molecule has 1 atom stereocenters. The Labute approximate surface area is 110 Å². The fraction of sp³-hybridized carbons (Fsp3) is 0.312. The van der Waals surface area contributed by atoms with Crippen molar-refractivity contribution < 1.29 is 8.78 Å². The maximum Gasteiger partial charge on any atom is 0.151 e. The highest BCUT2D eigenvalue weighted by atomic mass is 19.1. The number of halogens is 2. The van der Waals surface area contributed by atoms with Gasteiger partial charge in [0.2, 0.25) is 0 Å². The van der Waals surface area contributed by atoms with Crippen LogP contribution >= 0.6 is 0 Å². The third-order valence-corrected chi connectivity index (χ3v) is 3.94. The van der Waals surface area contributed by atoms with Gasteiger partial charge < -0.3 is 0 Å². The number of nitriles is 1. The summed E-state index contributed by atoms with van der Waals surface area (Å²) in [5.74, 6) is -0.909. The van der Waals surface area contributed by atoms with Gasteiger partial charge in [-0.15, -0.1) is 0 Å². The molecule has 0 radical (unpaired) electrons. The normalized spacial score (nSPS) is 18.1. The molecule has 0 aliphatic heterocycles. The summed E-state index contributed by atoms with van der Waals surface area (Å²) in [4.78, 5) is 0. The quantitative estimate of drug-likeness (QED) is 0.696. The van der Waals surface area contributed by atoms with Gasteiger partial charge in [0.25, 0.3) is 0 Å². The maximum absolute atomic E-state index is 14.1. The number of aryl methyl sites for hydroxylation is 1. The Morgan fingerprint density at radius 3 is 2.74 bits per heavy atom. The topological polar surface area (TPSA) is 23.8 Å². The molecule has 0 bridgehead atoms. The van der Waals surface area contributed by atoms with Crippen molar-refractivity contribution in [2.24, 2.45) is 5.92 Å². The third-order valence-electron chi connectivity index (χ3n) is 3.94. The SMILES string of the molecule is CC1CCc2cc3c(F)c(C#N)c(F)cc3cc2C1. The zero-order chi connectivity index (χ0) is 13.6. The van der Waals surface area contributed by atoms with Crippen LogP contribution in [-0.2, 0) is 12.8 Å².